The SMILES string of the molecule is Fc1ccccc1COc1ccc([B-](F)(F)F)cc1.[K+]. The first-order chi connectivity index (χ1) is 8.97. The van der Waals surface area contributed by atoms with Gasteiger partial charge in [0.1, 0.15) is 18.2 Å². The summed E-state index contributed by atoms with van der Waals surface area (Å²) in [4.78, 5) is 0. The topological polar surface area (TPSA) is 9.23 Å². The molecule has 0 aromatic heterocycles. The molecule has 2 aromatic rings. The molecule has 0 fully saturated rings. The first-order valence-corrected chi connectivity index (χ1v) is 5.63. The van der Waals surface area contributed by atoms with Crippen LogP contribution in [0.25, 0.3) is 0 Å². The van der Waals surface area contributed by atoms with E-state index in [0.717, 1.165) is 12.1 Å². The molecular formula is C13H10BF4KO. The molecule has 0 aliphatic rings. The van der Waals surface area contributed by atoms with Crippen LogP contribution in [0.2, 0.25) is 0 Å². The van der Waals surface area contributed by atoms with Crippen LogP contribution in [0.4, 0.5) is 17.3 Å². The van der Waals surface area contributed by atoms with Crippen LogP contribution in [0.5, 0.6) is 5.75 Å². The van der Waals surface area contributed by atoms with Gasteiger partial charge in [0.05, 0.1) is 0 Å². The molecule has 0 saturated heterocycles. The number of ether oxygens (including phenoxy) is 1. The van der Waals surface area contributed by atoms with Crippen molar-refractivity contribution in [2.75, 3.05) is 0 Å². The summed E-state index contributed by atoms with van der Waals surface area (Å²) >= 11 is 0. The molecule has 0 aliphatic heterocycles. The van der Waals surface area contributed by atoms with Gasteiger partial charge in [-0.2, -0.15) is 0 Å². The predicted molar refractivity (Wildman–Crippen MR) is 65.9 cm³/mol. The second kappa shape index (κ2) is 7.61. The molecule has 0 unspecified atom stereocenters. The zero-order valence-corrected chi connectivity index (χ0v) is 13.9. The van der Waals surface area contributed by atoms with Crippen LogP contribution in [-0.4, -0.2) is 6.98 Å². The van der Waals surface area contributed by atoms with Crippen molar-refractivity contribution in [2.24, 2.45) is 0 Å². The summed E-state index contributed by atoms with van der Waals surface area (Å²) in [5.74, 6) is -0.134. The van der Waals surface area contributed by atoms with Crippen LogP contribution in [0.15, 0.2) is 48.5 Å². The summed E-state index contributed by atoms with van der Waals surface area (Å²) in [5, 5.41) is 0. The van der Waals surface area contributed by atoms with Crippen molar-refractivity contribution in [2.45, 2.75) is 6.61 Å². The molecule has 0 saturated carbocycles. The molecule has 0 bridgehead atoms. The van der Waals surface area contributed by atoms with Crippen LogP contribution < -0.4 is 61.6 Å². The van der Waals surface area contributed by atoms with Gasteiger partial charge in [-0.15, -0.1) is 5.46 Å². The van der Waals surface area contributed by atoms with Gasteiger partial charge in [0, 0.05) is 5.56 Å². The molecule has 7 heteroatoms. The average Bonchev–Trinajstić information content (AvgIpc) is 2.37. The van der Waals surface area contributed by atoms with Gasteiger partial charge in [-0.3, -0.25) is 0 Å². The number of hydrogen-bond acceptors (Lipinski definition) is 1. The van der Waals surface area contributed by atoms with Crippen LogP contribution >= 0.6 is 0 Å². The molecule has 100 valence electrons. The Morgan fingerprint density at radius 3 is 2.05 bits per heavy atom. The molecule has 0 spiro atoms. The molecule has 2 aromatic carbocycles. The third kappa shape index (κ3) is 4.89. The first-order valence-electron chi connectivity index (χ1n) is 5.63. The number of halogens is 4. The van der Waals surface area contributed by atoms with E-state index in [1.807, 2.05) is 0 Å². The third-order valence-corrected chi connectivity index (χ3v) is 2.61. The molecule has 0 radical (unpaired) electrons. The van der Waals surface area contributed by atoms with Gasteiger partial charge in [0.2, 0.25) is 0 Å². The van der Waals surface area contributed by atoms with Crippen molar-refractivity contribution in [1.29, 1.82) is 0 Å². The Labute approximate surface area is 156 Å². The van der Waals surface area contributed by atoms with Gasteiger partial charge in [-0.05, 0) is 18.2 Å². The van der Waals surface area contributed by atoms with Crippen molar-refractivity contribution in [3.63, 3.8) is 0 Å². The summed E-state index contributed by atoms with van der Waals surface area (Å²) in [6.45, 7) is -5.02. The van der Waals surface area contributed by atoms with E-state index in [0.29, 0.717) is 5.56 Å². The van der Waals surface area contributed by atoms with E-state index in [2.05, 4.69) is 0 Å². The first kappa shape index (κ1) is 17.7. The normalized spacial score (nSPS) is 10.8. The standard InChI is InChI=1S/C13H10BF4O.K/c15-13-4-2-1-3-10(13)9-19-12-7-5-11(6-8-12)14(16,17)18;/h1-8H,9H2;/q-1;+1. The van der Waals surface area contributed by atoms with Gasteiger partial charge in [0.25, 0.3) is 0 Å². The Balaban J connectivity index is 0.00000200. The van der Waals surface area contributed by atoms with Gasteiger partial charge in [-0.25, -0.2) is 4.39 Å². The second-order valence-electron chi connectivity index (χ2n) is 4.02. The van der Waals surface area contributed by atoms with Crippen molar-refractivity contribution in [3.05, 3.63) is 59.9 Å². The number of benzene rings is 2. The van der Waals surface area contributed by atoms with Crippen LogP contribution in [0.3, 0.4) is 0 Å². The molecule has 0 aliphatic carbocycles. The van der Waals surface area contributed by atoms with E-state index in [-0.39, 0.29) is 63.7 Å². The second-order valence-corrected chi connectivity index (χ2v) is 4.02. The minimum atomic E-state index is -5.00. The van der Waals surface area contributed by atoms with Crippen molar-refractivity contribution < 1.29 is 73.5 Å². The van der Waals surface area contributed by atoms with E-state index in [9.17, 15) is 17.3 Å². The molecule has 0 amide bonds. The molecule has 20 heavy (non-hydrogen) atoms. The molecule has 0 N–H and O–H groups in total. The monoisotopic (exact) mass is 308 g/mol. The zero-order chi connectivity index (χ0) is 13.9. The molecule has 0 atom stereocenters. The van der Waals surface area contributed by atoms with E-state index < -0.39 is 18.3 Å². The van der Waals surface area contributed by atoms with Gasteiger partial charge >= 0.3 is 58.4 Å². The van der Waals surface area contributed by atoms with Crippen molar-refractivity contribution in [3.8, 4) is 5.75 Å². The van der Waals surface area contributed by atoms with Crippen LogP contribution in [-0.2, 0) is 6.61 Å². The van der Waals surface area contributed by atoms with Crippen LogP contribution in [0, 0.1) is 5.82 Å². The molecule has 0 heterocycles. The van der Waals surface area contributed by atoms with Gasteiger partial charge in [-0.1, -0.05) is 30.3 Å². The van der Waals surface area contributed by atoms with Gasteiger partial charge < -0.3 is 17.7 Å². The summed E-state index contributed by atoms with van der Waals surface area (Å²) in [5.41, 5.74) is -0.329. The Kier molecular flexibility index (Phi) is 6.74. The van der Waals surface area contributed by atoms with Gasteiger partial charge in [0.15, 0.2) is 0 Å². The predicted octanol–water partition coefficient (Wildman–Crippen LogP) is 0.463. The van der Waals surface area contributed by atoms with Crippen molar-refractivity contribution >= 4 is 12.4 Å². The average molecular weight is 308 g/mol. The fourth-order valence-electron chi connectivity index (χ4n) is 1.56. The smallest absolute Gasteiger partial charge is 0.489 e. The summed E-state index contributed by atoms with van der Waals surface area (Å²) < 4.78 is 55.7. The quantitative estimate of drug-likeness (QED) is 0.589. The Hall–Kier alpha value is -0.339. The zero-order valence-electron chi connectivity index (χ0n) is 10.8. The Morgan fingerprint density at radius 1 is 0.900 bits per heavy atom. The minimum Gasteiger partial charge on any atom is -0.489 e. The minimum absolute atomic E-state index is 0. The maximum atomic E-state index is 13.3. The Morgan fingerprint density at radius 2 is 1.50 bits per heavy atom. The summed E-state index contributed by atoms with van der Waals surface area (Å²) in [7, 11) is 0. The fourth-order valence-corrected chi connectivity index (χ4v) is 1.56. The molecule has 2 rings (SSSR count). The Bertz CT molecular complexity index is 557. The van der Waals surface area contributed by atoms with E-state index in [4.69, 9.17) is 4.74 Å². The number of rotatable bonds is 4. The third-order valence-electron chi connectivity index (χ3n) is 2.61. The van der Waals surface area contributed by atoms with Crippen molar-refractivity contribution in [1.82, 2.24) is 0 Å². The van der Waals surface area contributed by atoms with Crippen LogP contribution in [0.1, 0.15) is 5.56 Å². The largest absolute Gasteiger partial charge is 1.00 e. The fraction of sp³-hybridized carbons (Fsp3) is 0.0769. The maximum absolute atomic E-state index is 13.3. The van der Waals surface area contributed by atoms with E-state index >= 15 is 0 Å². The number of hydrogen-bond donors (Lipinski definition) is 0. The summed E-state index contributed by atoms with van der Waals surface area (Å²) in [6, 6.07) is 10.4. The van der Waals surface area contributed by atoms with E-state index in [1.54, 1.807) is 18.2 Å². The molecule has 1 nitrogen and oxygen atoms in total. The molecular weight excluding hydrogens is 298 g/mol. The van der Waals surface area contributed by atoms with E-state index in [1.165, 1.54) is 18.2 Å². The maximum Gasteiger partial charge on any atom is 1.00 e. The summed E-state index contributed by atoms with van der Waals surface area (Å²) in [6.07, 6.45) is 0.